The number of aliphatic hydroxyl groups is 1. The number of benzene rings is 1. The average molecular weight is 285 g/mol. The van der Waals surface area contributed by atoms with Crippen LogP contribution in [0.1, 0.15) is 11.3 Å². The summed E-state index contributed by atoms with van der Waals surface area (Å²) >= 11 is 0. The van der Waals surface area contributed by atoms with Gasteiger partial charge in [-0.2, -0.15) is 0 Å². The fourth-order valence-corrected chi connectivity index (χ4v) is 2.62. The van der Waals surface area contributed by atoms with Crippen molar-refractivity contribution in [2.45, 2.75) is 18.0 Å². The SMILES string of the molecule is O=S(=O)(NCc1cnc[nH]1)c1cc(CO)ccc1F. The van der Waals surface area contributed by atoms with Gasteiger partial charge in [-0.3, -0.25) is 0 Å². The molecule has 0 atom stereocenters. The van der Waals surface area contributed by atoms with Crippen LogP contribution in [0.15, 0.2) is 35.6 Å². The predicted octanol–water partition coefficient (Wildman–Crippen LogP) is 0.520. The van der Waals surface area contributed by atoms with E-state index in [1.54, 1.807) is 0 Å². The second kappa shape index (κ2) is 5.47. The number of aromatic nitrogens is 2. The number of rotatable bonds is 5. The van der Waals surface area contributed by atoms with E-state index in [4.69, 9.17) is 5.11 Å². The number of hydrogen-bond donors (Lipinski definition) is 3. The monoisotopic (exact) mass is 285 g/mol. The summed E-state index contributed by atoms with van der Waals surface area (Å²) in [5.41, 5.74) is 0.880. The zero-order chi connectivity index (χ0) is 13.9. The van der Waals surface area contributed by atoms with Crippen molar-refractivity contribution in [1.29, 1.82) is 0 Å². The second-order valence-electron chi connectivity index (χ2n) is 3.82. The van der Waals surface area contributed by atoms with E-state index in [1.165, 1.54) is 18.6 Å². The molecule has 0 aliphatic carbocycles. The number of aliphatic hydroxyl groups excluding tert-OH is 1. The molecule has 0 spiro atoms. The van der Waals surface area contributed by atoms with Crippen molar-refractivity contribution >= 4 is 10.0 Å². The zero-order valence-corrected chi connectivity index (χ0v) is 10.6. The smallest absolute Gasteiger partial charge is 0.243 e. The Hall–Kier alpha value is -1.77. The molecule has 0 fully saturated rings. The Kier molecular flexibility index (Phi) is 3.93. The average Bonchev–Trinajstić information content (AvgIpc) is 2.90. The molecule has 8 heteroatoms. The van der Waals surface area contributed by atoms with Gasteiger partial charge in [0.2, 0.25) is 10.0 Å². The zero-order valence-electron chi connectivity index (χ0n) is 9.80. The summed E-state index contributed by atoms with van der Waals surface area (Å²) in [6, 6.07) is 3.43. The molecule has 0 aliphatic rings. The summed E-state index contributed by atoms with van der Waals surface area (Å²) in [6.45, 7) is -0.380. The highest BCUT2D eigenvalue weighted by Gasteiger charge is 2.19. The fourth-order valence-electron chi connectivity index (χ4n) is 1.48. The first kappa shape index (κ1) is 13.7. The van der Waals surface area contributed by atoms with E-state index in [1.807, 2.05) is 0 Å². The summed E-state index contributed by atoms with van der Waals surface area (Å²) in [5.74, 6) is -0.866. The van der Waals surface area contributed by atoms with Crippen LogP contribution in [-0.2, 0) is 23.2 Å². The lowest BCUT2D eigenvalue weighted by atomic mass is 10.2. The van der Waals surface area contributed by atoms with Gasteiger partial charge >= 0.3 is 0 Å². The third-order valence-corrected chi connectivity index (χ3v) is 3.89. The molecule has 0 unspecified atom stereocenters. The number of H-pyrrole nitrogens is 1. The molecular weight excluding hydrogens is 273 g/mol. The standard InChI is InChI=1S/C11H12FN3O3S/c12-10-2-1-8(6-16)3-11(10)19(17,18)15-5-9-4-13-7-14-9/h1-4,7,15-16H,5-6H2,(H,13,14). The van der Waals surface area contributed by atoms with Crippen LogP contribution < -0.4 is 4.72 Å². The van der Waals surface area contributed by atoms with Crippen molar-refractivity contribution in [1.82, 2.24) is 14.7 Å². The Morgan fingerprint density at radius 1 is 1.42 bits per heavy atom. The molecule has 2 rings (SSSR count). The Morgan fingerprint density at radius 2 is 2.21 bits per heavy atom. The largest absolute Gasteiger partial charge is 0.392 e. The van der Waals surface area contributed by atoms with Crippen molar-refractivity contribution in [2.75, 3.05) is 0 Å². The maximum Gasteiger partial charge on any atom is 0.243 e. The van der Waals surface area contributed by atoms with Crippen molar-refractivity contribution < 1.29 is 17.9 Å². The molecule has 1 heterocycles. The molecule has 2 aromatic rings. The van der Waals surface area contributed by atoms with Crippen molar-refractivity contribution in [3.8, 4) is 0 Å². The molecule has 0 amide bonds. The van der Waals surface area contributed by atoms with Gasteiger partial charge < -0.3 is 10.1 Å². The summed E-state index contributed by atoms with van der Waals surface area (Å²) < 4.78 is 39.7. The van der Waals surface area contributed by atoms with Crippen LogP contribution in [0.3, 0.4) is 0 Å². The number of imidazole rings is 1. The highest BCUT2D eigenvalue weighted by Crippen LogP contribution is 2.16. The lowest BCUT2D eigenvalue weighted by molar-refractivity contribution is 0.281. The molecule has 1 aromatic heterocycles. The number of halogens is 1. The van der Waals surface area contributed by atoms with Gasteiger partial charge in [0.15, 0.2) is 0 Å². The molecule has 0 aliphatic heterocycles. The van der Waals surface area contributed by atoms with Crippen LogP contribution in [0.5, 0.6) is 0 Å². The lowest BCUT2D eigenvalue weighted by Gasteiger charge is -2.08. The van der Waals surface area contributed by atoms with E-state index in [0.717, 1.165) is 12.1 Å². The molecular formula is C11H12FN3O3S. The van der Waals surface area contributed by atoms with Crippen LogP contribution in [0.25, 0.3) is 0 Å². The maximum atomic E-state index is 13.5. The Labute approximate surface area is 109 Å². The molecule has 0 bridgehead atoms. The lowest BCUT2D eigenvalue weighted by Crippen LogP contribution is -2.24. The van der Waals surface area contributed by atoms with Crippen LogP contribution in [0, 0.1) is 5.82 Å². The van der Waals surface area contributed by atoms with E-state index in [-0.39, 0.29) is 13.2 Å². The molecule has 19 heavy (non-hydrogen) atoms. The minimum Gasteiger partial charge on any atom is -0.392 e. The van der Waals surface area contributed by atoms with Gasteiger partial charge in [0.1, 0.15) is 10.7 Å². The number of nitrogens with one attached hydrogen (secondary N) is 2. The van der Waals surface area contributed by atoms with Gasteiger partial charge in [0.25, 0.3) is 0 Å². The van der Waals surface area contributed by atoms with E-state index in [2.05, 4.69) is 14.7 Å². The third-order valence-electron chi connectivity index (χ3n) is 2.48. The molecule has 102 valence electrons. The van der Waals surface area contributed by atoms with Crippen LogP contribution in [-0.4, -0.2) is 23.5 Å². The maximum absolute atomic E-state index is 13.5. The minimum atomic E-state index is -3.98. The number of aromatic amines is 1. The van der Waals surface area contributed by atoms with Gasteiger partial charge in [-0.05, 0) is 17.7 Å². The third kappa shape index (κ3) is 3.16. The molecule has 0 saturated heterocycles. The first-order chi connectivity index (χ1) is 9.03. The number of hydrogen-bond acceptors (Lipinski definition) is 4. The Morgan fingerprint density at radius 3 is 2.84 bits per heavy atom. The van der Waals surface area contributed by atoms with Gasteiger partial charge in [-0.1, -0.05) is 6.07 Å². The minimum absolute atomic E-state index is 0.0227. The fraction of sp³-hybridized carbons (Fsp3) is 0.182. The first-order valence-electron chi connectivity index (χ1n) is 5.39. The van der Waals surface area contributed by atoms with Crippen molar-refractivity contribution in [3.05, 3.63) is 47.8 Å². The van der Waals surface area contributed by atoms with Gasteiger partial charge in [0, 0.05) is 11.9 Å². The van der Waals surface area contributed by atoms with E-state index in [9.17, 15) is 12.8 Å². The molecule has 3 N–H and O–H groups in total. The van der Waals surface area contributed by atoms with Gasteiger partial charge in [-0.25, -0.2) is 22.5 Å². The Balaban J connectivity index is 2.23. The second-order valence-corrected chi connectivity index (χ2v) is 5.56. The Bertz CT molecular complexity index is 656. The topological polar surface area (TPSA) is 95.1 Å². The van der Waals surface area contributed by atoms with Crippen LogP contribution in [0.4, 0.5) is 4.39 Å². The van der Waals surface area contributed by atoms with Crippen molar-refractivity contribution in [3.63, 3.8) is 0 Å². The van der Waals surface area contributed by atoms with Gasteiger partial charge in [-0.15, -0.1) is 0 Å². The summed E-state index contributed by atoms with van der Waals surface area (Å²) in [6.07, 6.45) is 2.87. The predicted molar refractivity (Wildman–Crippen MR) is 64.9 cm³/mol. The number of nitrogens with zero attached hydrogens (tertiary/aromatic N) is 1. The van der Waals surface area contributed by atoms with E-state index >= 15 is 0 Å². The van der Waals surface area contributed by atoms with E-state index in [0.29, 0.717) is 11.3 Å². The molecule has 6 nitrogen and oxygen atoms in total. The van der Waals surface area contributed by atoms with E-state index < -0.39 is 20.7 Å². The quantitative estimate of drug-likeness (QED) is 0.746. The summed E-state index contributed by atoms with van der Waals surface area (Å²) in [4.78, 5) is 5.98. The first-order valence-corrected chi connectivity index (χ1v) is 6.87. The van der Waals surface area contributed by atoms with Gasteiger partial charge in [0.05, 0.1) is 19.5 Å². The summed E-state index contributed by atoms with van der Waals surface area (Å²) in [7, 11) is -3.98. The highest BCUT2D eigenvalue weighted by atomic mass is 32.2. The molecule has 0 saturated carbocycles. The van der Waals surface area contributed by atoms with Crippen molar-refractivity contribution in [2.24, 2.45) is 0 Å². The van der Waals surface area contributed by atoms with Crippen LogP contribution in [0.2, 0.25) is 0 Å². The summed E-state index contributed by atoms with van der Waals surface area (Å²) in [5, 5.41) is 8.95. The molecule has 0 radical (unpaired) electrons. The highest BCUT2D eigenvalue weighted by molar-refractivity contribution is 7.89. The molecule has 1 aromatic carbocycles. The number of sulfonamides is 1. The normalized spacial score (nSPS) is 11.7. The van der Waals surface area contributed by atoms with Crippen LogP contribution >= 0.6 is 0 Å².